The van der Waals surface area contributed by atoms with Crippen LogP contribution in [-0.2, 0) is 19.5 Å². The quantitative estimate of drug-likeness (QED) is 0.566. The van der Waals surface area contributed by atoms with Gasteiger partial charge in [0.1, 0.15) is 5.01 Å². The van der Waals surface area contributed by atoms with Gasteiger partial charge in [0.25, 0.3) is 0 Å². The summed E-state index contributed by atoms with van der Waals surface area (Å²) in [5, 5.41) is 8.05. The Morgan fingerprint density at radius 1 is 1.26 bits per heavy atom. The van der Waals surface area contributed by atoms with Crippen LogP contribution in [0.2, 0.25) is 0 Å². The second-order valence-corrected chi connectivity index (χ2v) is 7.98. The smallest absolute Gasteiger partial charge is 0.191 e. The van der Waals surface area contributed by atoms with Crippen molar-refractivity contribution >= 4 is 17.3 Å². The molecule has 0 spiro atoms. The van der Waals surface area contributed by atoms with Crippen molar-refractivity contribution in [2.75, 3.05) is 19.6 Å². The molecule has 0 aromatic carbocycles. The molecule has 0 saturated carbocycles. The molecule has 1 aliphatic heterocycles. The zero-order valence-electron chi connectivity index (χ0n) is 16.3. The number of aryl methyl sites for hydroxylation is 1. The molecule has 0 bridgehead atoms. The Hall–Kier alpha value is -1.99. The van der Waals surface area contributed by atoms with Crippen LogP contribution < -0.4 is 10.6 Å². The molecular formula is C20H30N6S. The lowest BCUT2D eigenvalue weighted by Crippen LogP contribution is -2.48. The average Bonchev–Trinajstić information content (AvgIpc) is 3.17. The van der Waals surface area contributed by atoms with Gasteiger partial charge in [0.15, 0.2) is 5.96 Å². The minimum Gasteiger partial charge on any atom is -0.357 e. The highest BCUT2D eigenvalue weighted by Crippen LogP contribution is 2.15. The number of nitrogens with zero attached hydrogens (tertiary/aromatic N) is 4. The van der Waals surface area contributed by atoms with E-state index in [-0.39, 0.29) is 0 Å². The van der Waals surface area contributed by atoms with Crippen molar-refractivity contribution < 1.29 is 0 Å². The molecule has 3 rings (SSSR count). The third-order valence-electron chi connectivity index (χ3n) is 4.71. The summed E-state index contributed by atoms with van der Waals surface area (Å²) in [4.78, 5) is 17.4. The Morgan fingerprint density at radius 2 is 2.11 bits per heavy atom. The van der Waals surface area contributed by atoms with E-state index in [1.165, 1.54) is 4.88 Å². The maximum atomic E-state index is 4.73. The van der Waals surface area contributed by atoms with Crippen molar-refractivity contribution in [1.82, 2.24) is 25.5 Å². The minimum absolute atomic E-state index is 0.463. The SMILES string of the molecule is CCNC(=NCc1ncc(CC)s1)NC1CCN(Cc2ccccn2)CC1. The molecule has 0 radical (unpaired) electrons. The number of pyridine rings is 1. The summed E-state index contributed by atoms with van der Waals surface area (Å²) in [7, 11) is 0. The fourth-order valence-corrected chi connectivity index (χ4v) is 3.99. The molecule has 2 aromatic heterocycles. The van der Waals surface area contributed by atoms with E-state index in [1.807, 2.05) is 18.5 Å². The molecule has 7 heteroatoms. The first-order valence-corrected chi connectivity index (χ1v) is 10.7. The highest BCUT2D eigenvalue weighted by Gasteiger charge is 2.20. The second kappa shape index (κ2) is 10.4. The molecule has 146 valence electrons. The molecule has 0 amide bonds. The van der Waals surface area contributed by atoms with Crippen LogP contribution >= 0.6 is 11.3 Å². The second-order valence-electron chi connectivity index (χ2n) is 6.78. The average molecular weight is 387 g/mol. The molecule has 1 aliphatic rings. The molecular weight excluding hydrogens is 356 g/mol. The van der Waals surface area contributed by atoms with Crippen molar-refractivity contribution in [3.63, 3.8) is 0 Å². The molecule has 1 fully saturated rings. The molecule has 2 N–H and O–H groups in total. The summed E-state index contributed by atoms with van der Waals surface area (Å²) in [6, 6.07) is 6.59. The lowest BCUT2D eigenvalue weighted by atomic mass is 10.0. The molecule has 0 atom stereocenters. The number of hydrogen-bond donors (Lipinski definition) is 2. The zero-order chi connectivity index (χ0) is 18.9. The minimum atomic E-state index is 0.463. The molecule has 27 heavy (non-hydrogen) atoms. The van der Waals surface area contributed by atoms with Crippen molar-refractivity contribution in [2.24, 2.45) is 4.99 Å². The van der Waals surface area contributed by atoms with E-state index in [4.69, 9.17) is 4.99 Å². The standard InChI is InChI=1S/C20H30N6S/c1-3-18-13-23-19(27-18)14-24-20(21-4-2)25-16-8-11-26(12-9-16)15-17-7-5-6-10-22-17/h5-7,10,13,16H,3-4,8-9,11-12,14-15H2,1-2H3,(H2,21,24,25). The molecule has 2 aromatic rings. The van der Waals surface area contributed by atoms with Crippen molar-refractivity contribution in [3.05, 3.63) is 46.2 Å². The van der Waals surface area contributed by atoms with E-state index in [0.29, 0.717) is 12.6 Å². The first-order valence-electron chi connectivity index (χ1n) is 9.87. The summed E-state index contributed by atoms with van der Waals surface area (Å²) in [6.45, 7) is 8.87. The van der Waals surface area contributed by atoms with E-state index in [2.05, 4.69) is 51.5 Å². The Bertz CT molecular complexity index is 706. The van der Waals surface area contributed by atoms with Crippen LogP contribution in [0, 0.1) is 0 Å². The summed E-state index contributed by atoms with van der Waals surface area (Å²) in [6.07, 6.45) is 7.11. The van der Waals surface area contributed by atoms with Crippen LogP contribution in [0.4, 0.5) is 0 Å². The molecule has 0 aliphatic carbocycles. The Balaban J connectivity index is 1.48. The molecule has 0 unspecified atom stereocenters. The van der Waals surface area contributed by atoms with Crippen LogP contribution in [-0.4, -0.2) is 46.5 Å². The van der Waals surface area contributed by atoms with Gasteiger partial charge >= 0.3 is 0 Å². The van der Waals surface area contributed by atoms with Crippen LogP contribution in [0.1, 0.15) is 42.3 Å². The zero-order valence-corrected chi connectivity index (χ0v) is 17.1. The van der Waals surface area contributed by atoms with Gasteiger partial charge in [-0.2, -0.15) is 0 Å². The highest BCUT2D eigenvalue weighted by molar-refractivity contribution is 7.11. The van der Waals surface area contributed by atoms with Crippen LogP contribution in [0.5, 0.6) is 0 Å². The van der Waals surface area contributed by atoms with E-state index in [0.717, 1.165) is 62.1 Å². The predicted octanol–water partition coefficient (Wildman–Crippen LogP) is 2.82. The largest absolute Gasteiger partial charge is 0.357 e. The van der Waals surface area contributed by atoms with Gasteiger partial charge in [-0.25, -0.2) is 9.98 Å². The van der Waals surface area contributed by atoms with Crippen molar-refractivity contribution in [2.45, 2.75) is 52.2 Å². The van der Waals surface area contributed by atoms with Gasteiger partial charge in [0, 0.05) is 49.5 Å². The van der Waals surface area contributed by atoms with Crippen molar-refractivity contribution in [1.29, 1.82) is 0 Å². The van der Waals surface area contributed by atoms with E-state index >= 15 is 0 Å². The van der Waals surface area contributed by atoms with Gasteiger partial charge in [-0.3, -0.25) is 9.88 Å². The first-order chi connectivity index (χ1) is 13.3. The Kier molecular flexibility index (Phi) is 7.59. The molecule has 3 heterocycles. The van der Waals surface area contributed by atoms with E-state index in [9.17, 15) is 0 Å². The van der Waals surface area contributed by atoms with Gasteiger partial charge in [-0.15, -0.1) is 11.3 Å². The van der Waals surface area contributed by atoms with Crippen LogP contribution in [0.15, 0.2) is 35.6 Å². The number of guanidine groups is 1. The van der Waals surface area contributed by atoms with Gasteiger partial charge in [-0.05, 0) is 38.3 Å². The van der Waals surface area contributed by atoms with Gasteiger partial charge in [-0.1, -0.05) is 13.0 Å². The summed E-state index contributed by atoms with van der Waals surface area (Å²) in [5.41, 5.74) is 1.15. The fraction of sp³-hybridized carbons (Fsp3) is 0.550. The van der Waals surface area contributed by atoms with Crippen LogP contribution in [0.3, 0.4) is 0 Å². The Morgan fingerprint density at radius 3 is 2.78 bits per heavy atom. The first kappa shape index (κ1) is 19.8. The predicted molar refractivity (Wildman–Crippen MR) is 112 cm³/mol. The third-order valence-corrected chi connectivity index (χ3v) is 5.83. The number of nitrogens with one attached hydrogen (secondary N) is 2. The van der Waals surface area contributed by atoms with Gasteiger partial charge < -0.3 is 10.6 Å². The lowest BCUT2D eigenvalue weighted by Gasteiger charge is -2.32. The van der Waals surface area contributed by atoms with E-state index < -0.39 is 0 Å². The fourth-order valence-electron chi connectivity index (χ4n) is 3.20. The molecule has 1 saturated heterocycles. The maximum absolute atomic E-state index is 4.73. The third kappa shape index (κ3) is 6.29. The Labute approximate surface area is 166 Å². The van der Waals surface area contributed by atoms with Crippen molar-refractivity contribution in [3.8, 4) is 0 Å². The number of likely N-dealkylation sites (tertiary alicyclic amines) is 1. The highest BCUT2D eigenvalue weighted by atomic mass is 32.1. The van der Waals surface area contributed by atoms with Gasteiger partial charge in [0.05, 0.1) is 12.2 Å². The maximum Gasteiger partial charge on any atom is 0.191 e. The monoisotopic (exact) mass is 386 g/mol. The topological polar surface area (TPSA) is 65.4 Å². The van der Waals surface area contributed by atoms with Crippen LogP contribution in [0.25, 0.3) is 0 Å². The normalized spacial score (nSPS) is 16.4. The number of aromatic nitrogens is 2. The number of aliphatic imine (C=N–C) groups is 1. The number of hydrogen-bond acceptors (Lipinski definition) is 5. The summed E-state index contributed by atoms with van der Waals surface area (Å²) < 4.78 is 0. The number of piperidine rings is 1. The van der Waals surface area contributed by atoms with E-state index in [1.54, 1.807) is 11.3 Å². The number of rotatable bonds is 7. The summed E-state index contributed by atoms with van der Waals surface area (Å²) in [5.74, 6) is 0.897. The van der Waals surface area contributed by atoms with Gasteiger partial charge in [0.2, 0.25) is 0 Å². The lowest BCUT2D eigenvalue weighted by molar-refractivity contribution is 0.196. The number of thiazole rings is 1. The summed E-state index contributed by atoms with van der Waals surface area (Å²) >= 11 is 1.75. The molecule has 6 nitrogen and oxygen atoms in total.